The molecule has 0 N–H and O–H groups in total. The van der Waals surface area contributed by atoms with Gasteiger partial charge in [0.2, 0.25) is 0 Å². The van der Waals surface area contributed by atoms with Gasteiger partial charge in [0, 0.05) is 18.3 Å². The number of hydrogen-bond donors (Lipinski definition) is 0. The molecule has 0 aromatic carbocycles. The minimum atomic E-state index is -0.462. The van der Waals surface area contributed by atoms with Crippen LogP contribution in [0.4, 0.5) is 0 Å². The first kappa shape index (κ1) is 10.2. The summed E-state index contributed by atoms with van der Waals surface area (Å²) in [4.78, 5) is 21.3. The van der Waals surface area contributed by atoms with E-state index in [1.165, 1.54) is 13.0 Å². The highest BCUT2D eigenvalue weighted by atomic mass is 79.9. The van der Waals surface area contributed by atoms with Crippen molar-refractivity contribution in [3.8, 4) is 0 Å². The van der Waals surface area contributed by atoms with Gasteiger partial charge < -0.3 is 9.47 Å². The van der Waals surface area contributed by atoms with Gasteiger partial charge in [-0.05, 0) is 6.08 Å². The molecule has 0 saturated heterocycles. The van der Waals surface area contributed by atoms with Gasteiger partial charge in [-0.15, -0.1) is 0 Å². The number of carbonyl (C=O) groups is 2. The Labute approximate surface area is 84.0 Å². The van der Waals surface area contributed by atoms with Crippen LogP contribution in [-0.2, 0) is 19.1 Å². The summed E-state index contributed by atoms with van der Waals surface area (Å²) in [5.41, 5.74) is 0. The maximum absolute atomic E-state index is 10.7. The van der Waals surface area contributed by atoms with E-state index < -0.39 is 18.2 Å². The molecule has 0 spiro atoms. The van der Waals surface area contributed by atoms with E-state index in [0.717, 1.165) is 0 Å². The lowest BCUT2D eigenvalue weighted by Crippen LogP contribution is -2.31. The standard InChI is InChI=1S/C8H9BrO4/c1-5(10)12-7(4-9)6-2-3-8(11)13-6/h2-3,6-7H,4H2,1H3/t6-,7-/m0/s1. The molecule has 0 amide bonds. The molecule has 72 valence electrons. The highest BCUT2D eigenvalue weighted by Gasteiger charge is 2.27. The van der Waals surface area contributed by atoms with Crippen molar-refractivity contribution in [3.05, 3.63) is 12.2 Å². The van der Waals surface area contributed by atoms with Crippen LogP contribution in [0, 0.1) is 0 Å². The summed E-state index contributed by atoms with van der Waals surface area (Å²) in [6, 6.07) is 0. The van der Waals surface area contributed by atoms with Crippen molar-refractivity contribution in [1.82, 2.24) is 0 Å². The number of hydrogen-bond acceptors (Lipinski definition) is 4. The van der Waals surface area contributed by atoms with E-state index in [-0.39, 0.29) is 5.97 Å². The second-order valence-electron chi connectivity index (χ2n) is 2.56. The molecule has 1 aliphatic rings. The third kappa shape index (κ3) is 2.84. The fraction of sp³-hybridized carbons (Fsp3) is 0.500. The second kappa shape index (κ2) is 4.41. The molecular weight excluding hydrogens is 240 g/mol. The van der Waals surface area contributed by atoms with Gasteiger partial charge in [-0.2, -0.15) is 0 Å². The number of cyclic esters (lactones) is 1. The van der Waals surface area contributed by atoms with Crippen molar-refractivity contribution in [1.29, 1.82) is 0 Å². The smallest absolute Gasteiger partial charge is 0.331 e. The van der Waals surface area contributed by atoms with Crippen molar-refractivity contribution in [2.24, 2.45) is 0 Å². The summed E-state index contributed by atoms with van der Waals surface area (Å²) in [5.74, 6) is -0.788. The van der Waals surface area contributed by atoms with Crippen LogP contribution < -0.4 is 0 Å². The highest BCUT2D eigenvalue weighted by Crippen LogP contribution is 2.14. The number of rotatable bonds is 3. The van der Waals surface area contributed by atoms with Gasteiger partial charge in [0.05, 0.1) is 0 Å². The van der Waals surface area contributed by atoms with Crippen LogP contribution in [0.25, 0.3) is 0 Å². The van der Waals surface area contributed by atoms with Crippen LogP contribution >= 0.6 is 15.9 Å². The molecule has 0 bridgehead atoms. The Balaban J connectivity index is 2.52. The summed E-state index contributed by atoms with van der Waals surface area (Å²) >= 11 is 3.17. The molecule has 5 heteroatoms. The number of alkyl halides is 1. The predicted molar refractivity (Wildman–Crippen MR) is 48.4 cm³/mol. The Bertz CT molecular complexity index is 249. The van der Waals surface area contributed by atoms with Gasteiger partial charge in [-0.3, -0.25) is 4.79 Å². The van der Waals surface area contributed by atoms with Crippen LogP contribution in [0.1, 0.15) is 6.92 Å². The molecule has 0 aromatic heterocycles. The number of ether oxygens (including phenoxy) is 2. The van der Waals surface area contributed by atoms with Gasteiger partial charge in [0.15, 0.2) is 12.2 Å². The lowest BCUT2D eigenvalue weighted by molar-refractivity contribution is -0.156. The zero-order chi connectivity index (χ0) is 9.84. The maximum atomic E-state index is 10.7. The molecule has 0 saturated carbocycles. The van der Waals surface area contributed by atoms with E-state index in [1.807, 2.05) is 0 Å². The summed E-state index contributed by atoms with van der Waals surface area (Å²) in [7, 11) is 0. The molecule has 2 atom stereocenters. The molecule has 0 unspecified atom stereocenters. The van der Waals surface area contributed by atoms with Crippen LogP contribution in [0.3, 0.4) is 0 Å². The van der Waals surface area contributed by atoms with Crippen LogP contribution in [0.5, 0.6) is 0 Å². The zero-order valence-electron chi connectivity index (χ0n) is 7.03. The molecule has 4 nitrogen and oxygen atoms in total. The molecule has 0 aliphatic carbocycles. The van der Waals surface area contributed by atoms with Gasteiger partial charge >= 0.3 is 11.9 Å². The highest BCUT2D eigenvalue weighted by molar-refractivity contribution is 9.09. The molecule has 1 rings (SSSR count). The normalized spacial score (nSPS) is 22.6. The third-order valence-corrected chi connectivity index (χ3v) is 2.15. The van der Waals surface area contributed by atoms with Gasteiger partial charge in [0.25, 0.3) is 0 Å². The monoisotopic (exact) mass is 248 g/mol. The van der Waals surface area contributed by atoms with E-state index in [1.54, 1.807) is 6.08 Å². The molecule has 0 fully saturated rings. The van der Waals surface area contributed by atoms with Gasteiger partial charge in [-0.25, -0.2) is 4.79 Å². The van der Waals surface area contributed by atoms with Crippen molar-refractivity contribution in [2.45, 2.75) is 19.1 Å². The fourth-order valence-electron chi connectivity index (χ4n) is 0.985. The SMILES string of the molecule is CC(=O)O[C@@H](CBr)[C@@H]1C=CC(=O)O1. The number of halogens is 1. The molecule has 1 heterocycles. The van der Waals surface area contributed by atoms with Crippen LogP contribution in [0.2, 0.25) is 0 Å². The lowest BCUT2D eigenvalue weighted by Gasteiger charge is -2.18. The van der Waals surface area contributed by atoms with Crippen molar-refractivity contribution in [3.63, 3.8) is 0 Å². The van der Waals surface area contributed by atoms with Crippen LogP contribution in [0.15, 0.2) is 12.2 Å². The molecule has 1 aliphatic heterocycles. The average Bonchev–Trinajstić information content (AvgIpc) is 2.47. The third-order valence-electron chi connectivity index (χ3n) is 1.51. The maximum Gasteiger partial charge on any atom is 0.331 e. The Morgan fingerprint density at radius 1 is 1.85 bits per heavy atom. The summed E-state index contributed by atoms with van der Waals surface area (Å²) in [6.45, 7) is 1.32. The largest absolute Gasteiger partial charge is 0.457 e. The van der Waals surface area contributed by atoms with Crippen LogP contribution in [-0.4, -0.2) is 29.5 Å². The average molecular weight is 249 g/mol. The topological polar surface area (TPSA) is 52.6 Å². The Kier molecular flexibility index (Phi) is 3.48. The van der Waals surface area contributed by atoms with Crippen molar-refractivity contribution >= 4 is 27.9 Å². The first-order valence-corrected chi connectivity index (χ1v) is 4.87. The van der Waals surface area contributed by atoms with E-state index in [9.17, 15) is 9.59 Å². The summed E-state index contributed by atoms with van der Waals surface area (Å²) < 4.78 is 9.78. The van der Waals surface area contributed by atoms with E-state index in [2.05, 4.69) is 15.9 Å². The fourth-order valence-corrected chi connectivity index (χ4v) is 1.49. The van der Waals surface area contributed by atoms with Crippen molar-refractivity contribution < 1.29 is 19.1 Å². The predicted octanol–water partition coefficient (Wildman–Crippen LogP) is 0.795. The minimum Gasteiger partial charge on any atom is -0.457 e. The van der Waals surface area contributed by atoms with Gasteiger partial charge in [-0.1, -0.05) is 15.9 Å². The summed E-state index contributed by atoms with van der Waals surface area (Å²) in [5, 5.41) is 0.439. The molecule has 0 radical (unpaired) electrons. The minimum absolute atomic E-state index is 0.388. The second-order valence-corrected chi connectivity index (χ2v) is 3.21. The Morgan fingerprint density at radius 3 is 2.92 bits per heavy atom. The zero-order valence-corrected chi connectivity index (χ0v) is 8.61. The number of carbonyl (C=O) groups excluding carboxylic acids is 2. The first-order valence-electron chi connectivity index (χ1n) is 3.75. The van der Waals surface area contributed by atoms with Gasteiger partial charge in [0.1, 0.15) is 0 Å². The molecule has 0 aromatic rings. The Morgan fingerprint density at radius 2 is 2.54 bits per heavy atom. The van der Waals surface area contributed by atoms with Crippen molar-refractivity contribution in [2.75, 3.05) is 5.33 Å². The van der Waals surface area contributed by atoms with E-state index in [0.29, 0.717) is 5.33 Å². The summed E-state index contributed by atoms with van der Waals surface area (Å²) in [6.07, 6.45) is 2.00. The molecule has 13 heavy (non-hydrogen) atoms. The molecular formula is C8H9BrO4. The van der Waals surface area contributed by atoms with E-state index >= 15 is 0 Å². The van der Waals surface area contributed by atoms with E-state index in [4.69, 9.17) is 9.47 Å². The first-order chi connectivity index (χ1) is 6.13. The number of esters is 2. The lowest BCUT2D eigenvalue weighted by atomic mass is 10.2. The quantitative estimate of drug-likeness (QED) is 0.548. The Hall–Kier alpha value is -0.840.